The van der Waals surface area contributed by atoms with Gasteiger partial charge in [-0.25, -0.2) is 0 Å². The fraction of sp³-hybridized carbons (Fsp3) is 1.00. The van der Waals surface area contributed by atoms with E-state index in [0.717, 1.165) is 45.7 Å². The summed E-state index contributed by atoms with van der Waals surface area (Å²) in [7, 11) is 1.82. The number of ether oxygens (including phenoxy) is 2. The van der Waals surface area contributed by atoms with Gasteiger partial charge in [0, 0.05) is 39.0 Å². The van der Waals surface area contributed by atoms with Crippen molar-refractivity contribution in [2.24, 2.45) is 5.73 Å². The number of hydrogen-bond acceptors (Lipinski definition) is 4. The molecule has 17 heavy (non-hydrogen) atoms. The van der Waals surface area contributed by atoms with Crippen molar-refractivity contribution >= 4 is 0 Å². The summed E-state index contributed by atoms with van der Waals surface area (Å²) in [6.07, 6.45) is 6.16. The van der Waals surface area contributed by atoms with Gasteiger partial charge in [0.1, 0.15) is 0 Å². The van der Waals surface area contributed by atoms with E-state index in [0.29, 0.717) is 6.10 Å². The second-order valence-electron chi connectivity index (χ2n) is 5.34. The molecule has 0 aromatic rings. The van der Waals surface area contributed by atoms with Crippen molar-refractivity contribution in [2.75, 3.05) is 40.0 Å². The van der Waals surface area contributed by atoms with Gasteiger partial charge in [-0.2, -0.15) is 0 Å². The summed E-state index contributed by atoms with van der Waals surface area (Å²) < 4.78 is 11.1. The molecule has 0 aliphatic carbocycles. The highest BCUT2D eigenvalue weighted by molar-refractivity contribution is 4.95. The monoisotopic (exact) mass is 242 g/mol. The first kappa shape index (κ1) is 13.3. The second-order valence-corrected chi connectivity index (χ2v) is 5.34. The Kier molecular flexibility index (Phi) is 4.79. The van der Waals surface area contributed by atoms with Crippen LogP contribution in [-0.2, 0) is 9.47 Å². The number of rotatable bonds is 3. The van der Waals surface area contributed by atoms with Crippen molar-refractivity contribution in [2.45, 2.75) is 43.7 Å². The third-order valence-corrected chi connectivity index (χ3v) is 4.40. The maximum atomic E-state index is 6.09. The van der Waals surface area contributed by atoms with Crippen molar-refractivity contribution < 1.29 is 9.47 Å². The Labute approximate surface area is 104 Å². The Balaban J connectivity index is 2.04. The number of likely N-dealkylation sites (tertiary alicyclic amines) is 1. The van der Waals surface area contributed by atoms with Gasteiger partial charge in [0.25, 0.3) is 0 Å². The molecule has 2 aliphatic rings. The van der Waals surface area contributed by atoms with Gasteiger partial charge < -0.3 is 15.2 Å². The lowest BCUT2D eigenvalue weighted by Gasteiger charge is -2.46. The lowest BCUT2D eigenvalue weighted by Crippen LogP contribution is -2.58. The summed E-state index contributed by atoms with van der Waals surface area (Å²) in [4.78, 5) is 2.57. The smallest absolute Gasteiger partial charge is 0.0698 e. The molecule has 0 aromatic carbocycles. The average Bonchev–Trinajstić information content (AvgIpc) is 2.65. The van der Waals surface area contributed by atoms with Gasteiger partial charge in [-0.3, -0.25) is 4.90 Å². The summed E-state index contributed by atoms with van der Waals surface area (Å²) in [5.74, 6) is 0. The predicted molar refractivity (Wildman–Crippen MR) is 68.1 cm³/mol. The molecule has 4 nitrogen and oxygen atoms in total. The number of hydrogen-bond donors (Lipinski definition) is 1. The van der Waals surface area contributed by atoms with E-state index in [1.807, 2.05) is 7.11 Å². The molecule has 2 aliphatic heterocycles. The zero-order chi connectivity index (χ0) is 12.1. The standard InChI is InChI=1S/C13H26N2O2/c1-16-12-4-2-7-15(10-12)13(11-14)5-3-8-17-9-6-13/h12H,2-11,14H2,1H3. The minimum atomic E-state index is 0.160. The number of methoxy groups -OCH3 is 1. The highest BCUT2D eigenvalue weighted by atomic mass is 16.5. The quantitative estimate of drug-likeness (QED) is 0.802. The van der Waals surface area contributed by atoms with E-state index in [1.54, 1.807) is 0 Å². The Morgan fingerprint density at radius 3 is 3.00 bits per heavy atom. The van der Waals surface area contributed by atoms with Gasteiger partial charge in [-0.1, -0.05) is 0 Å². The molecule has 2 fully saturated rings. The zero-order valence-electron chi connectivity index (χ0n) is 11.0. The molecule has 0 saturated carbocycles. The van der Waals surface area contributed by atoms with Crippen LogP contribution in [-0.4, -0.2) is 56.5 Å². The van der Waals surface area contributed by atoms with Crippen LogP contribution in [0.1, 0.15) is 32.1 Å². The van der Waals surface area contributed by atoms with Crippen LogP contribution < -0.4 is 5.73 Å². The minimum Gasteiger partial charge on any atom is -0.381 e. The minimum absolute atomic E-state index is 0.160. The molecule has 2 heterocycles. The van der Waals surface area contributed by atoms with Gasteiger partial charge >= 0.3 is 0 Å². The van der Waals surface area contributed by atoms with Crippen molar-refractivity contribution in [3.63, 3.8) is 0 Å². The molecule has 0 amide bonds. The maximum Gasteiger partial charge on any atom is 0.0698 e. The number of nitrogens with zero attached hydrogens (tertiary/aromatic N) is 1. The van der Waals surface area contributed by atoms with Crippen LogP contribution in [0.3, 0.4) is 0 Å². The van der Waals surface area contributed by atoms with E-state index in [-0.39, 0.29) is 5.54 Å². The molecule has 2 rings (SSSR count). The first-order valence-corrected chi connectivity index (χ1v) is 6.86. The Morgan fingerprint density at radius 2 is 2.24 bits per heavy atom. The molecule has 0 aromatic heterocycles. The molecule has 4 heteroatoms. The molecule has 0 spiro atoms. The SMILES string of the molecule is COC1CCCN(C2(CN)CCCOCC2)C1. The Morgan fingerprint density at radius 1 is 1.35 bits per heavy atom. The molecule has 0 radical (unpaired) electrons. The van der Waals surface area contributed by atoms with Gasteiger partial charge in [0.05, 0.1) is 6.10 Å². The van der Waals surface area contributed by atoms with Crippen LogP contribution in [0.4, 0.5) is 0 Å². The van der Waals surface area contributed by atoms with Gasteiger partial charge in [-0.05, 0) is 38.6 Å². The molecule has 0 bridgehead atoms. The maximum absolute atomic E-state index is 6.09. The van der Waals surface area contributed by atoms with Crippen molar-refractivity contribution in [1.29, 1.82) is 0 Å². The van der Waals surface area contributed by atoms with Gasteiger partial charge in [0.2, 0.25) is 0 Å². The largest absolute Gasteiger partial charge is 0.381 e. The number of piperidine rings is 1. The van der Waals surface area contributed by atoms with E-state index in [1.165, 1.54) is 19.3 Å². The fourth-order valence-corrected chi connectivity index (χ4v) is 3.20. The normalized spacial score (nSPS) is 36.7. The first-order valence-electron chi connectivity index (χ1n) is 6.86. The van der Waals surface area contributed by atoms with Crippen LogP contribution in [0.25, 0.3) is 0 Å². The van der Waals surface area contributed by atoms with Gasteiger partial charge in [0.15, 0.2) is 0 Å². The summed E-state index contributed by atoms with van der Waals surface area (Å²) in [6.45, 7) is 4.69. The van der Waals surface area contributed by atoms with E-state index in [9.17, 15) is 0 Å². The molecule has 2 unspecified atom stereocenters. The highest BCUT2D eigenvalue weighted by Crippen LogP contribution is 2.30. The summed E-state index contributed by atoms with van der Waals surface area (Å²) in [5, 5.41) is 0. The van der Waals surface area contributed by atoms with Crippen molar-refractivity contribution in [3.8, 4) is 0 Å². The summed E-state index contributed by atoms with van der Waals surface area (Å²) >= 11 is 0. The summed E-state index contributed by atoms with van der Waals surface area (Å²) in [5.41, 5.74) is 6.25. The highest BCUT2D eigenvalue weighted by Gasteiger charge is 2.38. The lowest BCUT2D eigenvalue weighted by atomic mass is 9.86. The van der Waals surface area contributed by atoms with Gasteiger partial charge in [-0.15, -0.1) is 0 Å². The van der Waals surface area contributed by atoms with Crippen LogP contribution >= 0.6 is 0 Å². The summed E-state index contributed by atoms with van der Waals surface area (Å²) in [6, 6.07) is 0. The number of nitrogens with two attached hydrogens (primary N) is 1. The van der Waals surface area contributed by atoms with E-state index in [4.69, 9.17) is 15.2 Å². The fourth-order valence-electron chi connectivity index (χ4n) is 3.20. The lowest BCUT2D eigenvalue weighted by molar-refractivity contribution is -0.0242. The topological polar surface area (TPSA) is 47.7 Å². The zero-order valence-corrected chi connectivity index (χ0v) is 11.0. The van der Waals surface area contributed by atoms with Crippen LogP contribution in [0.2, 0.25) is 0 Å². The molecular formula is C13H26N2O2. The van der Waals surface area contributed by atoms with E-state index >= 15 is 0 Å². The van der Waals surface area contributed by atoms with Crippen molar-refractivity contribution in [1.82, 2.24) is 4.90 Å². The molecule has 2 saturated heterocycles. The van der Waals surface area contributed by atoms with E-state index in [2.05, 4.69) is 4.90 Å². The average molecular weight is 242 g/mol. The van der Waals surface area contributed by atoms with Crippen LogP contribution in [0.5, 0.6) is 0 Å². The predicted octanol–water partition coefficient (Wildman–Crippen LogP) is 0.995. The van der Waals surface area contributed by atoms with Crippen LogP contribution in [0, 0.1) is 0 Å². The molecule has 100 valence electrons. The Bertz CT molecular complexity index is 227. The molecular weight excluding hydrogens is 216 g/mol. The molecule has 2 N–H and O–H groups in total. The Hall–Kier alpha value is -0.160. The third-order valence-electron chi connectivity index (χ3n) is 4.40. The second kappa shape index (κ2) is 6.14. The molecule has 2 atom stereocenters. The third kappa shape index (κ3) is 2.99. The van der Waals surface area contributed by atoms with E-state index < -0.39 is 0 Å². The first-order chi connectivity index (χ1) is 8.30. The van der Waals surface area contributed by atoms with Crippen LogP contribution in [0.15, 0.2) is 0 Å². The van der Waals surface area contributed by atoms with Crippen molar-refractivity contribution in [3.05, 3.63) is 0 Å².